The van der Waals surface area contributed by atoms with Crippen LogP contribution in [0.3, 0.4) is 0 Å². The molecule has 1 unspecified atom stereocenters. The van der Waals surface area contributed by atoms with Gasteiger partial charge in [-0.3, -0.25) is 9.69 Å². The third-order valence-electron chi connectivity index (χ3n) is 5.18. The topological polar surface area (TPSA) is 132 Å². The van der Waals surface area contributed by atoms with E-state index in [-0.39, 0.29) is 24.1 Å². The summed E-state index contributed by atoms with van der Waals surface area (Å²) >= 11 is 0. The number of benzene rings is 2. The van der Waals surface area contributed by atoms with Gasteiger partial charge >= 0.3 is 6.03 Å². The Kier molecular flexibility index (Phi) is 4.47. The average Bonchev–Trinajstić information content (AvgIpc) is 3.53. The molecule has 0 radical (unpaired) electrons. The Labute approximate surface area is 179 Å². The number of hydrogen-bond acceptors (Lipinski definition) is 8. The maximum absolute atomic E-state index is 13.2. The quantitative estimate of drug-likeness (QED) is 0.471. The second-order valence-corrected chi connectivity index (χ2v) is 7.27. The van der Waals surface area contributed by atoms with Gasteiger partial charge in [0.1, 0.15) is 24.2 Å². The van der Waals surface area contributed by atoms with Gasteiger partial charge in [0, 0.05) is 5.56 Å². The number of halogens is 1. The Balaban J connectivity index is 1.39. The lowest BCUT2D eigenvalue weighted by atomic mass is 9.91. The number of carbonyl (C=O) groups excluding carboxylic acids is 2. The zero-order valence-corrected chi connectivity index (χ0v) is 16.6. The minimum Gasteiger partial charge on any atom is -0.337 e. The van der Waals surface area contributed by atoms with Gasteiger partial charge in [-0.05, 0) is 59.3 Å². The van der Waals surface area contributed by atoms with Crippen LogP contribution in [0.2, 0.25) is 0 Å². The van der Waals surface area contributed by atoms with Crippen LogP contribution in [-0.4, -0.2) is 47.2 Å². The van der Waals surface area contributed by atoms with E-state index in [9.17, 15) is 14.0 Å². The van der Waals surface area contributed by atoms with E-state index < -0.39 is 17.5 Å². The zero-order valence-electron chi connectivity index (χ0n) is 16.6. The fourth-order valence-electron chi connectivity index (χ4n) is 3.45. The molecule has 1 saturated heterocycles. The summed E-state index contributed by atoms with van der Waals surface area (Å²) in [5.74, 6) is -0.568. The Hall–Kier alpha value is -4.48. The summed E-state index contributed by atoms with van der Waals surface area (Å²) in [6.45, 7) is 1.41. The minimum atomic E-state index is -1.30. The lowest BCUT2D eigenvalue weighted by Crippen LogP contribution is -2.40. The van der Waals surface area contributed by atoms with Crippen LogP contribution in [0.4, 0.5) is 9.18 Å². The summed E-state index contributed by atoms with van der Waals surface area (Å²) in [7, 11) is 0. The Morgan fingerprint density at radius 3 is 2.72 bits per heavy atom. The molecule has 3 amide bonds. The highest BCUT2D eigenvalue weighted by molar-refractivity contribution is 6.07. The van der Waals surface area contributed by atoms with Gasteiger partial charge in [0.25, 0.3) is 5.91 Å². The van der Waals surface area contributed by atoms with Gasteiger partial charge in [0.05, 0.1) is 5.69 Å². The van der Waals surface area contributed by atoms with Crippen molar-refractivity contribution in [2.75, 3.05) is 0 Å². The van der Waals surface area contributed by atoms with E-state index in [1.54, 1.807) is 31.2 Å². The largest absolute Gasteiger partial charge is 0.337 e. The molecule has 0 saturated carbocycles. The van der Waals surface area contributed by atoms with Crippen molar-refractivity contribution in [2.24, 2.45) is 0 Å². The van der Waals surface area contributed by atoms with Crippen molar-refractivity contribution in [2.45, 2.75) is 19.0 Å². The van der Waals surface area contributed by atoms with Gasteiger partial charge in [-0.25, -0.2) is 13.9 Å². The van der Waals surface area contributed by atoms with E-state index in [2.05, 4.69) is 31.0 Å². The number of nitrogens with zero attached hydrogens (tertiary/aromatic N) is 7. The molecule has 160 valence electrons. The molecule has 32 heavy (non-hydrogen) atoms. The van der Waals surface area contributed by atoms with Crippen LogP contribution in [0.15, 0.2) is 59.4 Å². The van der Waals surface area contributed by atoms with Crippen molar-refractivity contribution in [3.63, 3.8) is 0 Å². The first kappa shape index (κ1) is 19.5. The number of tetrazole rings is 1. The van der Waals surface area contributed by atoms with Crippen molar-refractivity contribution in [1.29, 1.82) is 0 Å². The summed E-state index contributed by atoms with van der Waals surface area (Å²) in [5, 5.41) is 17.6. The van der Waals surface area contributed by atoms with Crippen LogP contribution >= 0.6 is 0 Å². The van der Waals surface area contributed by atoms with Gasteiger partial charge in [-0.15, -0.1) is 5.10 Å². The highest BCUT2D eigenvalue weighted by Crippen LogP contribution is 2.31. The average molecular weight is 434 g/mol. The highest BCUT2D eigenvalue weighted by atomic mass is 19.1. The van der Waals surface area contributed by atoms with Crippen LogP contribution in [0, 0.1) is 5.82 Å². The highest BCUT2D eigenvalue weighted by Gasteiger charge is 2.49. The molecule has 0 aliphatic carbocycles. The molecule has 11 nitrogen and oxygen atoms in total. The van der Waals surface area contributed by atoms with E-state index in [0.29, 0.717) is 16.8 Å². The molecule has 12 heteroatoms. The Bertz CT molecular complexity index is 1300. The molecule has 1 fully saturated rings. The van der Waals surface area contributed by atoms with E-state index in [4.69, 9.17) is 4.52 Å². The van der Waals surface area contributed by atoms with Crippen molar-refractivity contribution in [3.8, 4) is 17.1 Å². The zero-order chi connectivity index (χ0) is 22.3. The lowest BCUT2D eigenvalue weighted by Gasteiger charge is -2.22. The van der Waals surface area contributed by atoms with E-state index in [1.807, 2.05) is 0 Å². The third-order valence-corrected chi connectivity index (χ3v) is 5.18. The molecule has 1 N–H and O–H groups in total. The van der Waals surface area contributed by atoms with E-state index >= 15 is 0 Å². The van der Waals surface area contributed by atoms with Gasteiger partial charge in [-0.2, -0.15) is 4.98 Å². The summed E-state index contributed by atoms with van der Waals surface area (Å²) in [6, 6.07) is 11.9. The maximum Gasteiger partial charge on any atom is 0.325 e. The monoisotopic (exact) mass is 434 g/mol. The van der Waals surface area contributed by atoms with Gasteiger partial charge in [0.2, 0.25) is 11.7 Å². The van der Waals surface area contributed by atoms with Crippen LogP contribution < -0.4 is 5.32 Å². The fourth-order valence-corrected chi connectivity index (χ4v) is 3.45. The fraction of sp³-hybridized carbons (Fsp3) is 0.150. The third kappa shape index (κ3) is 3.27. The van der Waals surface area contributed by atoms with Crippen molar-refractivity contribution < 1.29 is 18.5 Å². The molecule has 0 bridgehead atoms. The molecule has 0 spiro atoms. The van der Waals surface area contributed by atoms with E-state index in [0.717, 1.165) is 4.90 Å². The molecule has 4 aromatic rings. The van der Waals surface area contributed by atoms with Crippen molar-refractivity contribution in [3.05, 3.63) is 72.1 Å². The summed E-state index contributed by atoms with van der Waals surface area (Å²) in [5.41, 5.74) is 0.433. The van der Waals surface area contributed by atoms with Gasteiger partial charge in [-0.1, -0.05) is 17.3 Å². The number of aromatic nitrogens is 6. The minimum absolute atomic E-state index is 0.0690. The molecular formula is C20H15FN8O3. The first-order valence-corrected chi connectivity index (χ1v) is 9.50. The number of urea groups is 1. The van der Waals surface area contributed by atoms with Gasteiger partial charge in [0.15, 0.2) is 0 Å². The first-order chi connectivity index (χ1) is 15.4. The number of imide groups is 1. The summed E-state index contributed by atoms with van der Waals surface area (Å²) in [6.07, 6.45) is 1.43. The van der Waals surface area contributed by atoms with Crippen molar-refractivity contribution in [1.82, 2.24) is 40.6 Å². The van der Waals surface area contributed by atoms with E-state index in [1.165, 1.54) is 35.3 Å². The van der Waals surface area contributed by atoms with Crippen LogP contribution in [0.25, 0.3) is 17.1 Å². The number of carbonyl (C=O) groups is 2. The molecule has 2 aromatic carbocycles. The smallest absolute Gasteiger partial charge is 0.325 e. The molecule has 2 aromatic heterocycles. The number of nitrogens with one attached hydrogen (secondary N) is 1. The van der Waals surface area contributed by atoms with Crippen LogP contribution in [-0.2, 0) is 16.9 Å². The Morgan fingerprint density at radius 2 is 1.97 bits per heavy atom. The molecular weight excluding hydrogens is 419 g/mol. The SMILES string of the molecule is CC1(c2cccc(-n3cnnn3)c2)NC(=O)N(Cc2nc(-c3ccc(F)cc3)no2)C1=O. The number of rotatable bonds is 5. The lowest BCUT2D eigenvalue weighted by molar-refractivity contribution is -0.131. The second kappa shape index (κ2) is 7.34. The predicted octanol–water partition coefficient (Wildman–Crippen LogP) is 1.82. The molecule has 5 rings (SSSR count). The second-order valence-electron chi connectivity index (χ2n) is 7.27. The predicted molar refractivity (Wildman–Crippen MR) is 105 cm³/mol. The van der Waals surface area contributed by atoms with Gasteiger partial charge < -0.3 is 9.84 Å². The maximum atomic E-state index is 13.2. The normalized spacial score (nSPS) is 18.2. The summed E-state index contributed by atoms with van der Waals surface area (Å²) < 4.78 is 19.8. The van der Waals surface area contributed by atoms with Crippen molar-refractivity contribution >= 4 is 11.9 Å². The van der Waals surface area contributed by atoms with Crippen LogP contribution in [0.1, 0.15) is 18.4 Å². The molecule has 1 aliphatic heterocycles. The number of amides is 3. The molecule has 3 heterocycles. The molecule has 1 atom stereocenters. The summed E-state index contributed by atoms with van der Waals surface area (Å²) in [4.78, 5) is 31.1. The Morgan fingerprint density at radius 1 is 1.16 bits per heavy atom. The molecule has 1 aliphatic rings. The first-order valence-electron chi connectivity index (χ1n) is 9.50. The van der Waals surface area contributed by atoms with Crippen LogP contribution in [0.5, 0.6) is 0 Å². The number of hydrogen-bond donors (Lipinski definition) is 1. The standard InChI is InChI=1S/C20H15FN8O3/c1-20(13-3-2-4-15(9-13)29-11-22-26-27-29)18(30)28(19(31)24-20)10-16-23-17(25-32-16)12-5-7-14(21)8-6-12/h2-9,11H,10H2,1H3,(H,24,31).